The zero-order valence-electron chi connectivity index (χ0n) is 16.1. The normalized spacial score (nSPS) is 11.3. The maximum absolute atomic E-state index is 13.9. The van der Waals surface area contributed by atoms with Crippen molar-refractivity contribution in [1.29, 1.82) is 0 Å². The first-order valence-corrected chi connectivity index (χ1v) is 9.84. The minimum atomic E-state index is -4.08. The van der Waals surface area contributed by atoms with Crippen LogP contribution in [0.15, 0.2) is 39.8 Å². The predicted molar refractivity (Wildman–Crippen MR) is 103 cm³/mol. The molecule has 0 bridgehead atoms. The molecule has 0 aliphatic carbocycles. The molecule has 29 heavy (non-hydrogen) atoms. The monoisotopic (exact) mass is 422 g/mol. The molecular weight excluding hydrogens is 403 g/mol. The Morgan fingerprint density at radius 1 is 1.31 bits per heavy atom. The fraction of sp³-hybridized carbons (Fsp3) is 0.222. The maximum atomic E-state index is 13.9. The van der Waals surface area contributed by atoms with Crippen molar-refractivity contribution in [2.24, 2.45) is 0 Å². The number of hydrogen-bond acceptors (Lipinski definition) is 6. The lowest BCUT2D eigenvalue weighted by atomic mass is 10.2. The first-order chi connectivity index (χ1) is 13.6. The van der Waals surface area contributed by atoms with E-state index >= 15 is 0 Å². The number of anilines is 1. The van der Waals surface area contributed by atoms with E-state index in [0.29, 0.717) is 0 Å². The van der Waals surface area contributed by atoms with Crippen LogP contribution in [-0.4, -0.2) is 50.6 Å². The van der Waals surface area contributed by atoms with E-state index in [1.165, 1.54) is 43.3 Å². The number of ether oxygens (including phenoxy) is 1. The van der Waals surface area contributed by atoms with E-state index in [4.69, 9.17) is 9.15 Å². The molecule has 3 rings (SSSR count). The van der Waals surface area contributed by atoms with E-state index in [9.17, 15) is 17.6 Å². The molecule has 0 saturated carbocycles. The summed E-state index contributed by atoms with van der Waals surface area (Å²) in [5.74, 6) is -0.807. The zero-order chi connectivity index (χ0) is 21.3. The minimum Gasteiger partial charge on any atom is -0.494 e. The van der Waals surface area contributed by atoms with Crippen LogP contribution in [0.25, 0.3) is 11.5 Å². The van der Waals surface area contributed by atoms with Crippen molar-refractivity contribution in [2.75, 3.05) is 25.9 Å². The van der Waals surface area contributed by atoms with Gasteiger partial charge < -0.3 is 14.1 Å². The van der Waals surface area contributed by atoms with Gasteiger partial charge in [-0.15, -0.1) is 0 Å². The number of halogens is 1. The highest BCUT2D eigenvalue weighted by molar-refractivity contribution is 7.92. The van der Waals surface area contributed by atoms with Crippen molar-refractivity contribution in [2.45, 2.75) is 11.8 Å². The number of methoxy groups -OCH3 is 1. The Balaban J connectivity index is 1.95. The maximum Gasteiger partial charge on any atom is 0.265 e. The number of aromatic nitrogens is 2. The van der Waals surface area contributed by atoms with E-state index in [2.05, 4.69) is 14.9 Å². The molecule has 3 aromatic rings. The molecule has 2 heterocycles. The smallest absolute Gasteiger partial charge is 0.265 e. The van der Waals surface area contributed by atoms with Crippen LogP contribution in [0, 0.1) is 12.7 Å². The number of carbonyl (C=O) groups excluding carboxylic acids is 1. The quantitative estimate of drug-likeness (QED) is 0.631. The van der Waals surface area contributed by atoms with Crippen LogP contribution < -0.4 is 9.46 Å². The van der Waals surface area contributed by atoms with Crippen molar-refractivity contribution in [3.63, 3.8) is 0 Å². The van der Waals surface area contributed by atoms with Gasteiger partial charge in [-0.1, -0.05) is 0 Å². The van der Waals surface area contributed by atoms with E-state index in [1.54, 1.807) is 14.1 Å². The molecule has 9 nitrogen and oxygen atoms in total. The van der Waals surface area contributed by atoms with Gasteiger partial charge in [-0.3, -0.25) is 14.6 Å². The second-order valence-electron chi connectivity index (χ2n) is 6.34. The Kier molecular flexibility index (Phi) is 5.33. The van der Waals surface area contributed by atoms with E-state index in [0.717, 1.165) is 6.07 Å². The average Bonchev–Trinajstić information content (AvgIpc) is 3.27. The molecular formula is C18H19FN4O5S. The summed E-state index contributed by atoms with van der Waals surface area (Å²) in [5, 5.41) is 6.50. The second-order valence-corrected chi connectivity index (χ2v) is 7.99. The number of amides is 1. The highest BCUT2D eigenvalue weighted by Gasteiger charge is 2.26. The van der Waals surface area contributed by atoms with Gasteiger partial charge in [-0.25, -0.2) is 12.8 Å². The fourth-order valence-corrected chi connectivity index (χ4v) is 3.90. The molecule has 0 radical (unpaired) electrons. The van der Waals surface area contributed by atoms with Crippen LogP contribution >= 0.6 is 0 Å². The number of nitrogens with zero attached hydrogens (tertiary/aromatic N) is 2. The Morgan fingerprint density at radius 3 is 2.66 bits per heavy atom. The summed E-state index contributed by atoms with van der Waals surface area (Å²) in [7, 11) is 0.395. The van der Waals surface area contributed by atoms with Crippen molar-refractivity contribution >= 4 is 21.6 Å². The largest absolute Gasteiger partial charge is 0.494 e. The summed E-state index contributed by atoms with van der Waals surface area (Å²) in [6, 6.07) is 4.97. The van der Waals surface area contributed by atoms with Crippen LogP contribution in [0.2, 0.25) is 0 Å². The third-order valence-electron chi connectivity index (χ3n) is 4.09. The molecule has 0 unspecified atom stereocenters. The van der Waals surface area contributed by atoms with Crippen LogP contribution in [0.3, 0.4) is 0 Å². The number of aryl methyl sites for hydroxylation is 1. The van der Waals surface area contributed by atoms with Crippen molar-refractivity contribution in [1.82, 2.24) is 15.1 Å². The second kappa shape index (κ2) is 7.59. The minimum absolute atomic E-state index is 0.00735. The van der Waals surface area contributed by atoms with Gasteiger partial charge in [0.05, 0.1) is 24.6 Å². The molecule has 0 aliphatic heterocycles. The molecule has 0 aliphatic rings. The molecule has 0 saturated heterocycles. The van der Waals surface area contributed by atoms with Gasteiger partial charge in [0.25, 0.3) is 15.9 Å². The lowest BCUT2D eigenvalue weighted by Crippen LogP contribution is -2.21. The number of carbonyl (C=O) groups is 1. The molecule has 154 valence electrons. The Labute approximate surface area is 166 Å². The zero-order valence-corrected chi connectivity index (χ0v) is 16.9. The first kappa shape index (κ1) is 20.4. The standard InChI is InChI=1S/C18H19FN4O5S/c1-10-16(29(25,26)22-11-5-6-14(27-4)13(19)7-11)8-15(28-10)17-12(9-20-21-17)18(24)23(2)3/h5-9,22H,1-4H3,(H,20,21). The molecule has 2 aromatic heterocycles. The summed E-state index contributed by atoms with van der Waals surface area (Å²) in [4.78, 5) is 13.5. The summed E-state index contributed by atoms with van der Waals surface area (Å²) >= 11 is 0. The fourth-order valence-electron chi connectivity index (χ4n) is 2.67. The summed E-state index contributed by atoms with van der Waals surface area (Å²) < 4.78 is 52.1. The SMILES string of the molecule is COc1ccc(NS(=O)(=O)c2cc(-c3[nH]ncc3C(=O)N(C)C)oc2C)cc1F. The number of hydrogen-bond donors (Lipinski definition) is 2. The lowest BCUT2D eigenvalue weighted by molar-refractivity contribution is 0.0828. The van der Waals surface area contributed by atoms with Crippen molar-refractivity contribution in [3.05, 3.63) is 47.6 Å². The first-order valence-electron chi connectivity index (χ1n) is 8.36. The average molecular weight is 422 g/mol. The van der Waals surface area contributed by atoms with Gasteiger partial charge in [-0.2, -0.15) is 5.10 Å². The lowest BCUT2D eigenvalue weighted by Gasteiger charge is -2.09. The highest BCUT2D eigenvalue weighted by Crippen LogP contribution is 2.31. The van der Waals surface area contributed by atoms with Crippen molar-refractivity contribution in [3.8, 4) is 17.2 Å². The molecule has 0 fully saturated rings. The van der Waals surface area contributed by atoms with Crippen LogP contribution in [0.5, 0.6) is 5.75 Å². The van der Waals surface area contributed by atoms with Gasteiger partial charge in [-0.05, 0) is 19.1 Å². The number of rotatable bonds is 6. The Hall–Kier alpha value is -3.34. The van der Waals surface area contributed by atoms with Crippen molar-refractivity contribution < 1.29 is 26.8 Å². The van der Waals surface area contributed by atoms with Gasteiger partial charge in [0, 0.05) is 26.2 Å². The van der Waals surface area contributed by atoms with Crippen LogP contribution in [0.4, 0.5) is 10.1 Å². The topological polar surface area (TPSA) is 118 Å². The number of furan rings is 1. The third kappa shape index (κ3) is 3.94. The molecule has 2 N–H and O–H groups in total. The van der Waals surface area contributed by atoms with Gasteiger partial charge >= 0.3 is 0 Å². The molecule has 0 spiro atoms. The number of benzene rings is 1. The number of nitrogens with one attached hydrogen (secondary N) is 2. The Morgan fingerprint density at radius 2 is 2.03 bits per heavy atom. The molecule has 1 amide bonds. The van der Waals surface area contributed by atoms with Crippen LogP contribution in [-0.2, 0) is 10.0 Å². The summed E-state index contributed by atoms with van der Waals surface area (Å²) in [6.45, 7) is 1.47. The van der Waals surface area contributed by atoms with Crippen LogP contribution in [0.1, 0.15) is 16.1 Å². The van der Waals surface area contributed by atoms with E-state index in [-0.39, 0.29) is 45.0 Å². The van der Waals surface area contributed by atoms with E-state index in [1.807, 2.05) is 0 Å². The van der Waals surface area contributed by atoms with Gasteiger partial charge in [0.2, 0.25) is 0 Å². The van der Waals surface area contributed by atoms with Gasteiger partial charge in [0.15, 0.2) is 17.3 Å². The summed E-state index contributed by atoms with van der Waals surface area (Å²) in [5.41, 5.74) is 0.511. The summed E-state index contributed by atoms with van der Waals surface area (Å²) in [6.07, 6.45) is 1.34. The Bertz CT molecular complexity index is 1170. The van der Waals surface area contributed by atoms with E-state index < -0.39 is 15.8 Å². The van der Waals surface area contributed by atoms with Gasteiger partial charge in [0.1, 0.15) is 16.3 Å². The number of H-pyrrole nitrogens is 1. The molecule has 11 heteroatoms. The predicted octanol–water partition coefficient (Wildman–Crippen LogP) is 2.63. The third-order valence-corrected chi connectivity index (χ3v) is 5.58. The number of sulfonamides is 1. The highest BCUT2D eigenvalue weighted by atomic mass is 32.2. The molecule has 0 atom stereocenters. The molecule has 1 aromatic carbocycles. The number of aromatic amines is 1.